The van der Waals surface area contributed by atoms with E-state index in [0.717, 1.165) is 0 Å². The third-order valence-electron chi connectivity index (χ3n) is 4.25. The summed E-state index contributed by atoms with van der Waals surface area (Å²) in [6, 6.07) is 13.4. The first kappa shape index (κ1) is 26.4. The maximum absolute atomic E-state index is 11.7. The molecule has 0 aliphatic rings. The van der Waals surface area contributed by atoms with Crippen LogP contribution in [-0.2, 0) is 14.3 Å². The second-order valence-electron chi connectivity index (χ2n) is 6.50. The molecule has 1 N–H and O–H groups in total. The number of Topliss-reactive ketones (excluding diaryl/α,β-unsaturated/α-hetero) is 2. The number of hydrogen-bond acceptors (Lipinski definition) is 7. The van der Waals surface area contributed by atoms with E-state index in [9.17, 15) is 19.2 Å². The van der Waals surface area contributed by atoms with Crippen LogP contribution in [0.1, 0.15) is 53.3 Å². The molecule has 0 spiro atoms. The molecule has 0 saturated carbocycles. The van der Waals surface area contributed by atoms with E-state index < -0.39 is 5.97 Å². The van der Waals surface area contributed by atoms with Gasteiger partial charge in [0.05, 0.1) is 33.7 Å². The average Bonchev–Trinajstić information content (AvgIpc) is 2.81. The standard InChI is InChI=1S/C13H16O4.C11H12O4/c1-3-17-13(15)9-8-12(14)10-4-6-11(16-2)7-5-10;1-15-9-4-2-8(3-5-9)10(12)6-7-11(13)14/h4-7H,3,8-9H2,1-2H3;2-5H,6-7H2,1H3,(H,13,14). The minimum Gasteiger partial charge on any atom is -0.497 e. The van der Waals surface area contributed by atoms with Gasteiger partial charge in [0.15, 0.2) is 11.6 Å². The molecule has 0 saturated heterocycles. The van der Waals surface area contributed by atoms with Crippen molar-refractivity contribution in [2.45, 2.75) is 32.6 Å². The van der Waals surface area contributed by atoms with Crippen molar-refractivity contribution in [3.8, 4) is 11.5 Å². The molecule has 2 aromatic carbocycles. The molecule has 0 radical (unpaired) electrons. The summed E-state index contributed by atoms with van der Waals surface area (Å²) in [7, 11) is 3.11. The van der Waals surface area contributed by atoms with Crippen LogP contribution in [-0.4, -0.2) is 49.4 Å². The smallest absolute Gasteiger partial charge is 0.306 e. The molecule has 8 heteroatoms. The normalized spacial score (nSPS) is 9.72. The largest absolute Gasteiger partial charge is 0.497 e. The Morgan fingerprint density at radius 1 is 0.688 bits per heavy atom. The quantitative estimate of drug-likeness (QED) is 0.409. The van der Waals surface area contributed by atoms with Crippen molar-refractivity contribution < 1.29 is 38.5 Å². The number of esters is 1. The van der Waals surface area contributed by atoms with E-state index >= 15 is 0 Å². The number of carbonyl (C=O) groups excluding carboxylic acids is 3. The van der Waals surface area contributed by atoms with Gasteiger partial charge in [-0.3, -0.25) is 19.2 Å². The molecule has 172 valence electrons. The fraction of sp³-hybridized carbons (Fsp3) is 0.333. The van der Waals surface area contributed by atoms with Crippen LogP contribution in [0.25, 0.3) is 0 Å². The van der Waals surface area contributed by atoms with Crippen molar-refractivity contribution in [3.63, 3.8) is 0 Å². The van der Waals surface area contributed by atoms with Crippen LogP contribution in [0, 0.1) is 0 Å². The second-order valence-corrected chi connectivity index (χ2v) is 6.50. The molecule has 0 fully saturated rings. The molecular formula is C24H28O8. The summed E-state index contributed by atoms with van der Waals surface area (Å²) >= 11 is 0. The van der Waals surface area contributed by atoms with Gasteiger partial charge in [0.1, 0.15) is 11.5 Å². The predicted octanol–water partition coefficient (Wildman–Crippen LogP) is 3.96. The van der Waals surface area contributed by atoms with Gasteiger partial charge >= 0.3 is 11.9 Å². The zero-order chi connectivity index (χ0) is 23.9. The molecule has 0 amide bonds. The number of hydrogen-bond donors (Lipinski definition) is 1. The SMILES string of the molecule is CCOC(=O)CCC(=O)c1ccc(OC)cc1.COc1ccc(C(=O)CCC(=O)O)cc1. The lowest BCUT2D eigenvalue weighted by Gasteiger charge is -2.03. The summed E-state index contributed by atoms with van der Waals surface area (Å²) < 4.78 is 14.7. The highest BCUT2D eigenvalue weighted by Crippen LogP contribution is 2.14. The summed E-state index contributed by atoms with van der Waals surface area (Å²) in [5.74, 6) is -0.163. The molecule has 0 heterocycles. The molecule has 0 aromatic heterocycles. The van der Waals surface area contributed by atoms with Crippen LogP contribution in [0.2, 0.25) is 0 Å². The number of rotatable bonds is 11. The topological polar surface area (TPSA) is 116 Å². The van der Waals surface area contributed by atoms with E-state index in [4.69, 9.17) is 19.3 Å². The minimum absolute atomic E-state index is 0.0294. The van der Waals surface area contributed by atoms with Crippen LogP contribution in [0.3, 0.4) is 0 Å². The van der Waals surface area contributed by atoms with Crippen molar-refractivity contribution in [2.75, 3.05) is 20.8 Å². The highest BCUT2D eigenvalue weighted by molar-refractivity contribution is 5.98. The highest BCUT2D eigenvalue weighted by Gasteiger charge is 2.10. The van der Waals surface area contributed by atoms with E-state index in [1.807, 2.05) is 0 Å². The first-order chi connectivity index (χ1) is 15.3. The Labute approximate surface area is 187 Å². The van der Waals surface area contributed by atoms with Gasteiger partial charge in [-0.05, 0) is 55.5 Å². The average molecular weight is 444 g/mol. The van der Waals surface area contributed by atoms with Gasteiger partial charge in [0.2, 0.25) is 0 Å². The third-order valence-corrected chi connectivity index (χ3v) is 4.25. The summed E-state index contributed by atoms with van der Waals surface area (Å²) in [6.07, 6.45) is 0.191. The molecule has 0 unspecified atom stereocenters. The lowest BCUT2D eigenvalue weighted by molar-refractivity contribution is -0.143. The Morgan fingerprint density at radius 3 is 1.44 bits per heavy atom. The number of ketones is 2. The van der Waals surface area contributed by atoms with Gasteiger partial charge in [-0.25, -0.2) is 0 Å². The van der Waals surface area contributed by atoms with Crippen molar-refractivity contribution >= 4 is 23.5 Å². The fourth-order valence-electron chi connectivity index (χ4n) is 2.51. The van der Waals surface area contributed by atoms with Crippen molar-refractivity contribution in [3.05, 3.63) is 59.7 Å². The summed E-state index contributed by atoms with van der Waals surface area (Å²) in [5, 5.41) is 8.42. The second kappa shape index (κ2) is 14.3. The van der Waals surface area contributed by atoms with Crippen LogP contribution < -0.4 is 9.47 Å². The monoisotopic (exact) mass is 444 g/mol. The number of carbonyl (C=O) groups is 4. The van der Waals surface area contributed by atoms with Crippen molar-refractivity contribution in [1.29, 1.82) is 0 Å². The first-order valence-electron chi connectivity index (χ1n) is 10.0. The van der Waals surface area contributed by atoms with E-state index in [1.165, 1.54) is 0 Å². The Hall–Kier alpha value is -3.68. The van der Waals surface area contributed by atoms with Crippen molar-refractivity contribution in [2.24, 2.45) is 0 Å². The minimum atomic E-state index is -0.961. The Bertz CT molecular complexity index is 885. The third kappa shape index (κ3) is 9.88. The van der Waals surface area contributed by atoms with E-state index in [2.05, 4.69) is 0 Å². The molecule has 32 heavy (non-hydrogen) atoms. The highest BCUT2D eigenvalue weighted by atomic mass is 16.5. The van der Waals surface area contributed by atoms with E-state index in [-0.39, 0.29) is 43.2 Å². The number of carboxylic acids is 1. The maximum atomic E-state index is 11.7. The molecule has 0 aliphatic carbocycles. The lowest BCUT2D eigenvalue weighted by Crippen LogP contribution is -2.07. The van der Waals surface area contributed by atoms with Gasteiger partial charge in [0, 0.05) is 24.0 Å². The molecule has 8 nitrogen and oxygen atoms in total. The van der Waals surface area contributed by atoms with Crippen LogP contribution >= 0.6 is 0 Å². The number of ether oxygens (including phenoxy) is 3. The summed E-state index contributed by atoms with van der Waals surface area (Å²) in [5.41, 5.74) is 1.09. The van der Waals surface area contributed by atoms with Crippen LogP contribution in [0.5, 0.6) is 11.5 Å². The molecule has 0 bridgehead atoms. The molecular weight excluding hydrogens is 416 g/mol. The number of benzene rings is 2. The van der Waals surface area contributed by atoms with Gasteiger partial charge in [-0.2, -0.15) is 0 Å². The summed E-state index contributed by atoms with van der Waals surface area (Å²) in [4.78, 5) is 44.5. The lowest BCUT2D eigenvalue weighted by atomic mass is 10.1. The molecule has 0 atom stereocenters. The molecule has 2 rings (SSSR count). The number of aliphatic carboxylic acids is 1. The zero-order valence-electron chi connectivity index (χ0n) is 18.5. The van der Waals surface area contributed by atoms with Gasteiger partial charge < -0.3 is 19.3 Å². The van der Waals surface area contributed by atoms with E-state index in [1.54, 1.807) is 69.7 Å². The Balaban J connectivity index is 0.000000323. The van der Waals surface area contributed by atoms with Crippen molar-refractivity contribution in [1.82, 2.24) is 0 Å². The van der Waals surface area contributed by atoms with E-state index in [0.29, 0.717) is 29.2 Å². The first-order valence-corrected chi connectivity index (χ1v) is 10.0. The van der Waals surface area contributed by atoms with Gasteiger partial charge in [-0.1, -0.05) is 0 Å². The summed E-state index contributed by atoms with van der Waals surface area (Å²) in [6.45, 7) is 2.08. The van der Waals surface area contributed by atoms with Gasteiger partial charge in [0.25, 0.3) is 0 Å². The number of methoxy groups -OCH3 is 2. The molecule has 0 aliphatic heterocycles. The molecule has 2 aromatic rings. The fourth-order valence-corrected chi connectivity index (χ4v) is 2.51. The van der Waals surface area contributed by atoms with Crippen LogP contribution in [0.4, 0.5) is 0 Å². The predicted molar refractivity (Wildman–Crippen MR) is 117 cm³/mol. The maximum Gasteiger partial charge on any atom is 0.306 e. The Morgan fingerprint density at radius 2 is 1.09 bits per heavy atom. The van der Waals surface area contributed by atoms with Gasteiger partial charge in [-0.15, -0.1) is 0 Å². The zero-order valence-corrected chi connectivity index (χ0v) is 18.5. The number of carboxylic acid groups (broad SMARTS) is 1. The Kier molecular flexibility index (Phi) is 11.8. The van der Waals surface area contributed by atoms with Crippen LogP contribution in [0.15, 0.2) is 48.5 Å².